The van der Waals surface area contributed by atoms with E-state index in [0.29, 0.717) is 0 Å². The molecule has 14 heavy (non-hydrogen) atoms. The first-order valence-corrected chi connectivity index (χ1v) is 5.47. The van der Waals surface area contributed by atoms with Gasteiger partial charge in [0.25, 0.3) is 0 Å². The van der Waals surface area contributed by atoms with Crippen molar-refractivity contribution in [3.05, 3.63) is 37.3 Å². The molecule has 1 aromatic rings. The fourth-order valence-corrected chi connectivity index (χ4v) is 1.58. The van der Waals surface area contributed by atoms with Crippen molar-refractivity contribution in [2.45, 2.75) is 26.2 Å². The maximum Gasteiger partial charge on any atom is 0.0366 e. The molecule has 0 heterocycles. The summed E-state index contributed by atoms with van der Waals surface area (Å²) in [7, 11) is 0. The van der Waals surface area contributed by atoms with Crippen LogP contribution in [-0.2, 0) is 0 Å². The molecule has 0 spiro atoms. The summed E-state index contributed by atoms with van der Waals surface area (Å²) < 4.78 is 0. The molecule has 0 aromatic heterocycles. The highest BCUT2D eigenvalue weighted by Gasteiger charge is 2.02. The molecule has 0 saturated heterocycles. The van der Waals surface area contributed by atoms with Crippen LogP contribution in [0.5, 0.6) is 0 Å². The monoisotopic (exact) mass is 190 g/mol. The van der Waals surface area contributed by atoms with Crippen LogP contribution >= 0.6 is 0 Å². The third-order valence-corrected chi connectivity index (χ3v) is 2.29. The van der Waals surface area contributed by atoms with Crippen molar-refractivity contribution in [3.8, 4) is 0 Å². The van der Waals surface area contributed by atoms with E-state index in [4.69, 9.17) is 0 Å². The third-order valence-electron chi connectivity index (χ3n) is 2.29. The molecule has 0 aliphatic carbocycles. The Balaban J connectivity index is 2.58. The molecular formula is C13H20N. The fourth-order valence-electron chi connectivity index (χ4n) is 1.58. The predicted molar refractivity (Wildman–Crippen MR) is 63.5 cm³/mol. The minimum absolute atomic E-state index is 1.02. The Morgan fingerprint density at radius 2 is 1.86 bits per heavy atom. The Kier molecular flexibility index (Phi) is 5.13. The van der Waals surface area contributed by atoms with Crippen LogP contribution < -0.4 is 4.90 Å². The van der Waals surface area contributed by atoms with Gasteiger partial charge < -0.3 is 4.90 Å². The molecule has 1 heteroatoms. The second-order valence-corrected chi connectivity index (χ2v) is 3.53. The Morgan fingerprint density at radius 1 is 1.14 bits per heavy atom. The van der Waals surface area contributed by atoms with Crippen molar-refractivity contribution in [2.24, 2.45) is 0 Å². The molecule has 1 aromatic carbocycles. The predicted octanol–water partition coefficient (Wildman–Crippen LogP) is 3.52. The van der Waals surface area contributed by atoms with Crippen molar-refractivity contribution in [2.75, 3.05) is 18.0 Å². The standard InChI is InChI=1S/C13H20N/c1-3-5-12-14(11-4-2)13-9-7-6-8-10-13/h6-10H,1,3-5,11-12H2,2H3. The molecule has 1 radical (unpaired) electrons. The van der Waals surface area contributed by atoms with Crippen LogP contribution in [0, 0.1) is 6.92 Å². The number of anilines is 1. The number of hydrogen-bond acceptors (Lipinski definition) is 1. The average molecular weight is 190 g/mol. The maximum absolute atomic E-state index is 3.88. The van der Waals surface area contributed by atoms with Crippen LogP contribution in [0.15, 0.2) is 30.3 Å². The molecule has 0 aliphatic heterocycles. The molecule has 77 valence electrons. The van der Waals surface area contributed by atoms with Gasteiger partial charge >= 0.3 is 0 Å². The number of rotatable bonds is 6. The topological polar surface area (TPSA) is 3.24 Å². The van der Waals surface area contributed by atoms with E-state index in [0.717, 1.165) is 19.5 Å². The van der Waals surface area contributed by atoms with E-state index < -0.39 is 0 Å². The fraction of sp³-hybridized carbons (Fsp3) is 0.462. The largest absolute Gasteiger partial charge is 0.372 e. The van der Waals surface area contributed by atoms with Gasteiger partial charge in [0.1, 0.15) is 0 Å². The normalized spacial score (nSPS) is 10.1. The molecular weight excluding hydrogens is 170 g/mol. The second-order valence-electron chi connectivity index (χ2n) is 3.53. The summed E-state index contributed by atoms with van der Waals surface area (Å²) in [6, 6.07) is 10.6. The van der Waals surface area contributed by atoms with Gasteiger partial charge in [-0.25, -0.2) is 0 Å². The Bertz CT molecular complexity index is 230. The first kappa shape index (κ1) is 11.1. The van der Waals surface area contributed by atoms with Gasteiger partial charge in [0.05, 0.1) is 0 Å². The molecule has 0 amide bonds. The summed E-state index contributed by atoms with van der Waals surface area (Å²) in [5.74, 6) is 0. The number of hydrogen-bond donors (Lipinski definition) is 0. The zero-order valence-electron chi connectivity index (χ0n) is 9.08. The van der Waals surface area contributed by atoms with Crippen LogP contribution in [0.3, 0.4) is 0 Å². The highest BCUT2D eigenvalue weighted by Crippen LogP contribution is 2.14. The summed E-state index contributed by atoms with van der Waals surface area (Å²) >= 11 is 0. The van der Waals surface area contributed by atoms with Crippen LogP contribution in [0.4, 0.5) is 5.69 Å². The van der Waals surface area contributed by atoms with E-state index in [1.807, 2.05) is 0 Å². The zero-order chi connectivity index (χ0) is 10.2. The molecule has 0 N–H and O–H groups in total. The molecule has 0 unspecified atom stereocenters. The van der Waals surface area contributed by atoms with Crippen molar-refractivity contribution in [1.82, 2.24) is 0 Å². The van der Waals surface area contributed by atoms with Gasteiger partial charge in [-0.1, -0.05) is 38.5 Å². The number of unbranched alkanes of at least 4 members (excludes halogenated alkanes) is 1. The van der Waals surface area contributed by atoms with E-state index in [1.54, 1.807) is 0 Å². The highest BCUT2D eigenvalue weighted by molar-refractivity contribution is 5.45. The minimum atomic E-state index is 1.02. The summed E-state index contributed by atoms with van der Waals surface area (Å²) in [4.78, 5) is 2.44. The molecule has 1 nitrogen and oxygen atoms in total. The van der Waals surface area contributed by atoms with E-state index in [2.05, 4.69) is 49.1 Å². The van der Waals surface area contributed by atoms with Crippen molar-refractivity contribution in [1.29, 1.82) is 0 Å². The number of nitrogens with zero attached hydrogens (tertiary/aromatic N) is 1. The Morgan fingerprint density at radius 3 is 2.43 bits per heavy atom. The van der Waals surface area contributed by atoms with Crippen LogP contribution in [0.2, 0.25) is 0 Å². The van der Waals surface area contributed by atoms with Crippen LogP contribution in [0.1, 0.15) is 26.2 Å². The van der Waals surface area contributed by atoms with Gasteiger partial charge in [-0.05, 0) is 25.0 Å². The van der Waals surface area contributed by atoms with Gasteiger partial charge in [0, 0.05) is 18.8 Å². The van der Waals surface area contributed by atoms with Gasteiger partial charge in [0.2, 0.25) is 0 Å². The maximum atomic E-state index is 3.88. The molecule has 0 bridgehead atoms. The molecule has 0 fully saturated rings. The SMILES string of the molecule is [CH2]CCCN(CCC)c1ccccc1. The lowest BCUT2D eigenvalue weighted by Crippen LogP contribution is -2.24. The smallest absolute Gasteiger partial charge is 0.0366 e. The third kappa shape index (κ3) is 3.41. The van der Waals surface area contributed by atoms with Gasteiger partial charge in [-0.3, -0.25) is 0 Å². The first-order valence-electron chi connectivity index (χ1n) is 5.47. The summed E-state index contributed by atoms with van der Waals surface area (Å²) in [6.07, 6.45) is 3.40. The molecule has 0 atom stereocenters. The zero-order valence-corrected chi connectivity index (χ0v) is 9.08. The average Bonchev–Trinajstić information content (AvgIpc) is 2.25. The van der Waals surface area contributed by atoms with Crippen molar-refractivity contribution in [3.63, 3.8) is 0 Å². The van der Waals surface area contributed by atoms with Gasteiger partial charge in [-0.15, -0.1) is 0 Å². The van der Waals surface area contributed by atoms with Crippen molar-refractivity contribution >= 4 is 5.69 Å². The summed E-state index contributed by atoms with van der Waals surface area (Å²) in [5, 5.41) is 0. The quantitative estimate of drug-likeness (QED) is 0.663. The van der Waals surface area contributed by atoms with Gasteiger partial charge in [-0.2, -0.15) is 0 Å². The molecule has 0 saturated carbocycles. The second kappa shape index (κ2) is 6.47. The Labute approximate surface area is 87.7 Å². The lowest BCUT2D eigenvalue weighted by atomic mass is 10.2. The van der Waals surface area contributed by atoms with E-state index in [9.17, 15) is 0 Å². The van der Waals surface area contributed by atoms with Crippen LogP contribution in [-0.4, -0.2) is 13.1 Å². The first-order chi connectivity index (χ1) is 6.88. The lowest BCUT2D eigenvalue weighted by molar-refractivity contribution is 0.721. The molecule has 1 rings (SSSR count). The Hall–Kier alpha value is -0.980. The minimum Gasteiger partial charge on any atom is -0.372 e. The summed E-state index contributed by atoms with van der Waals surface area (Å²) in [5.41, 5.74) is 1.34. The number of benzene rings is 1. The van der Waals surface area contributed by atoms with Crippen molar-refractivity contribution < 1.29 is 0 Å². The van der Waals surface area contributed by atoms with Crippen LogP contribution in [0.25, 0.3) is 0 Å². The molecule has 0 aliphatic rings. The summed E-state index contributed by atoms with van der Waals surface area (Å²) in [6.45, 7) is 8.38. The van der Waals surface area contributed by atoms with Gasteiger partial charge in [0.15, 0.2) is 0 Å². The lowest BCUT2D eigenvalue weighted by Gasteiger charge is -2.24. The number of para-hydroxylation sites is 1. The highest BCUT2D eigenvalue weighted by atomic mass is 15.1. The van der Waals surface area contributed by atoms with E-state index >= 15 is 0 Å². The van der Waals surface area contributed by atoms with E-state index in [-0.39, 0.29) is 0 Å². The van der Waals surface area contributed by atoms with E-state index in [1.165, 1.54) is 18.5 Å².